The van der Waals surface area contributed by atoms with Gasteiger partial charge < -0.3 is 9.97 Å². The van der Waals surface area contributed by atoms with E-state index >= 15 is 0 Å². The number of aryl methyl sites for hydroxylation is 1. The summed E-state index contributed by atoms with van der Waals surface area (Å²) in [5, 5.41) is 0. The van der Waals surface area contributed by atoms with Gasteiger partial charge in [0, 0.05) is 12.3 Å². The third-order valence-electron chi connectivity index (χ3n) is 4.13. The van der Waals surface area contributed by atoms with Gasteiger partial charge in [0.15, 0.2) is 0 Å². The van der Waals surface area contributed by atoms with Crippen LogP contribution in [0, 0.1) is 0 Å². The molecular formula is C18H18N4. The maximum absolute atomic E-state index is 4.68. The standard InChI is InChI=1S/C18H18N4/c1-12(18-21-15-8-4-5-9-16(15)22-18)10-11-17-19-13-6-2-3-7-14(13)20-17/h2-9,12H,10-11H2,1H3,(H,19,20)(H,21,22). The van der Waals surface area contributed by atoms with Crippen LogP contribution in [-0.2, 0) is 6.42 Å². The van der Waals surface area contributed by atoms with E-state index in [4.69, 9.17) is 0 Å². The van der Waals surface area contributed by atoms with E-state index < -0.39 is 0 Å². The Labute approximate surface area is 128 Å². The van der Waals surface area contributed by atoms with Crippen LogP contribution < -0.4 is 0 Å². The first-order chi connectivity index (χ1) is 10.8. The number of benzene rings is 2. The molecule has 4 rings (SSSR count). The smallest absolute Gasteiger partial charge is 0.110 e. The quantitative estimate of drug-likeness (QED) is 0.592. The fourth-order valence-corrected chi connectivity index (χ4v) is 2.82. The second-order valence-electron chi connectivity index (χ2n) is 5.78. The van der Waals surface area contributed by atoms with Crippen LogP contribution in [0.5, 0.6) is 0 Å². The summed E-state index contributed by atoms with van der Waals surface area (Å²) in [5.41, 5.74) is 4.28. The van der Waals surface area contributed by atoms with Crippen molar-refractivity contribution >= 4 is 22.1 Å². The lowest BCUT2D eigenvalue weighted by Crippen LogP contribution is -1.99. The Hall–Kier alpha value is -2.62. The van der Waals surface area contributed by atoms with Crippen molar-refractivity contribution in [3.8, 4) is 0 Å². The minimum absolute atomic E-state index is 0.376. The Kier molecular flexibility index (Phi) is 3.15. The summed E-state index contributed by atoms with van der Waals surface area (Å²) in [6.07, 6.45) is 1.94. The number of nitrogens with one attached hydrogen (secondary N) is 2. The second kappa shape index (κ2) is 5.30. The summed E-state index contributed by atoms with van der Waals surface area (Å²) in [6, 6.07) is 16.3. The molecular weight excluding hydrogens is 272 g/mol. The average Bonchev–Trinajstić information content (AvgIpc) is 3.15. The van der Waals surface area contributed by atoms with Gasteiger partial charge in [0.2, 0.25) is 0 Å². The molecule has 0 fully saturated rings. The molecule has 22 heavy (non-hydrogen) atoms. The van der Waals surface area contributed by atoms with Crippen LogP contribution in [0.1, 0.15) is 30.9 Å². The van der Waals surface area contributed by atoms with Crippen molar-refractivity contribution in [1.29, 1.82) is 0 Å². The first-order valence-electron chi connectivity index (χ1n) is 7.68. The topological polar surface area (TPSA) is 57.4 Å². The number of imidazole rings is 2. The number of H-pyrrole nitrogens is 2. The van der Waals surface area contributed by atoms with Gasteiger partial charge in [-0.3, -0.25) is 0 Å². The molecule has 0 spiro atoms. The minimum Gasteiger partial charge on any atom is -0.342 e. The van der Waals surface area contributed by atoms with E-state index in [2.05, 4.69) is 39.0 Å². The molecule has 0 saturated carbocycles. The molecule has 0 saturated heterocycles. The van der Waals surface area contributed by atoms with Crippen LogP contribution >= 0.6 is 0 Å². The lowest BCUT2D eigenvalue weighted by Gasteiger charge is -2.06. The van der Waals surface area contributed by atoms with Gasteiger partial charge in [-0.2, -0.15) is 0 Å². The van der Waals surface area contributed by atoms with Gasteiger partial charge in [0.05, 0.1) is 22.1 Å². The molecule has 2 N–H and O–H groups in total. The highest BCUT2D eigenvalue weighted by molar-refractivity contribution is 5.75. The van der Waals surface area contributed by atoms with Gasteiger partial charge in [0.1, 0.15) is 11.6 Å². The maximum atomic E-state index is 4.68. The Morgan fingerprint density at radius 3 is 2.18 bits per heavy atom. The largest absolute Gasteiger partial charge is 0.342 e. The van der Waals surface area contributed by atoms with Gasteiger partial charge in [0.25, 0.3) is 0 Å². The summed E-state index contributed by atoms with van der Waals surface area (Å²) in [4.78, 5) is 16.1. The molecule has 2 aromatic carbocycles. The van der Waals surface area contributed by atoms with Crippen molar-refractivity contribution in [2.45, 2.75) is 25.7 Å². The first-order valence-corrected chi connectivity index (χ1v) is 7.68. The van der Waals surface area contributed by atoms with E-state index in [0.717, 1.165) is 46.6 Å². The zero-order chi connectivity index (χ0) is 14.9. The van der Waals surface area contributed by atoms with Crippen molar-refractivity contribution in [2.24, 2.45) is 0 Å². The summed E-state index contributed by atoms with van der Waals surface area (Å²) < 4.78 is 0. The molecule has 4 aromatic rings. The number of fused-ring (bicyclic) bond motifs is 2. The number of nitrogens with zero attached hydrogens (tertiary/aromatic N) is 2. The van der Waals surface area contributed by atoms with Crippen molar-refractivity contribution in [3.05, 3.63) is 60.2 Å². The highest BCUT2D eigenvalue weighted by Gasteiger charge is 2.12. The predicted molar refractivity (Wildman–Crippen MR) is 88.9 cm³/mol. The Morgan fingerprint density at radius 1 is 0.864 bits per heavy atom. The molecule has 1 unspecified atom stereocenters. The molecule has 0 aliphatic rings. The number of hydrogen-bond donors (Lipinski definition) is 2. The van der Waals surface area contributed by atoms with Gasteiger partial charge >= 0.3 is 0 Å². The first kappa shape index (κ1) is 13.1. The molecule has 0 radical (unpaired) electrons. The lowest BCUT2D eigenvalue weighted by molar-refractivity contribution is 0.636. The Balaban J connectivity index is 1.50. The monoisotopic (exact) mass is 290 g/mol. The maximum Gasteiger partial charge on any atom is 0.110 e. The molecule has 4 heteroatoms. The number of para-hydroxylation sites is 4. The van der Waals surface area contributed by atoms with Crippen LogP contribution in [-0.4, -0.2) is 19.9 Å². The summed E-state index contributed by atoms with van der Waals surface area (Å²) in [6.45, 7) is 2.21. The van der Waals surface area contributed by atoms with E-state index in [1.807, 2.05) is 36.4 Å². The third kappa shape index (κ3) is 2.37. The number of rotatable bonds is 4. The number of aromatic amines is 2. The molecule has 4 nitrogen and oxygen atoms in total. The van der Waals surface area contributed by atoms with Crippen LogP contribution in [0.25, 0.3) is 22.1 Å². The Morgan fingerprint density at radius 2 is 1.50 bits per heavy atom. The molecule has 2 heterocycles. The molecule has 0 aliphatic carbocycles. The summed E-state index contributed by atoms with van der Waals surface area (Å²) in [7, 11) is 0. The van der Waals surface area contributed by atoms with Crippen LogP contribution in [0.3, 0.4) is 0 Å². The molecule has 0 bridgehead atoms. The average molecular weight is 290 g/mol. The van der Waals surface area contributed by atoms with Crippen LogP contribution in [0.4, 0.5) is 0 Å². The van der Waals surface area contributed by atoms with Crippen molar-refractivity contribution in [3.63, 3.8) is 0 Å². The SMILES string of the molecule is CC(CCc1nc2ccccc2[nH]1)c1nc2ccccc2[nH]1. The highest BCUT2D eigenvalue weighted by atomic mass is 14.9. The molecule has 110 valence electrons. The normalized spacial score (nSPS) is 13.0. The van der Waals surface area contributed by atoms with Gasteiger partial charge in [-0.05, 0) is 30.7 Å². The molecule has 2 aromatic heterocycles. The van der Waals surface area contributed by atoms with E-state index in [-0.39, 0.29) is 0 Å². The van der Waals surface area contributed by atoms with Crippen molar-refractivity contribution < 1.29 is 0 Å². The lowest BCUT2D eigenvalue weighted by atomic mass is 10.1. The fraction of sp³-hybridized carbons (Fsp3) is 0.222. The van der Waals surface area contributed by atoms with E-state index in [1.54, 1.807) is 0 Å². The van der Waals surface area contributed by atoms with E-state index in [9.17, 15) is 0 Å². The molecule has 0 amide bonds. The molecule has 1 atom stereocenters. The Bertz CT molecular complexity index is 853. The summed E-state index contributed by atoms with van der Waals surface area (Å²) in [5.74, 6) is 2.47. The van der Waals surface area contributed by atoms with E-state index in [0.29, 0.717) is 5.92 Å². The van der Waals surface area contributed by atoms with E-state index in [1.165, 1.54) is 0 Å². The highest BCUT2D eigenvalue weighted by Crippen LogP contribution is 2.22. The summed E-state index contributed by atoms with van der Waals surface area (Å²) >= 11 is 0. The zero-order valence-corrected chi connectivity index (χ0v) is 12.5. The predicted octanol–water partition coefficient (Wildman–Crippen LogP) is 4.18. The number of hydrogen-bond acceptors (Lipinski definition) is 2. The van der Waals surface area contributed by atoms with Crippen molar-refractivity contribution in [1.82, 2.24) is 19.9 Å². The van der Waals surface area contributed by atoms with Crippen LogP contribution in [0.15, 0.2) is 48.5 Å². The second-order valence-corrected chi connectivity index (χ2v) is 5.78. The third-order valence-corrected chi connectivity index (χ3v) is 4.13. The van der Waals surface area contributed by atoms with Crippen LogP contribution in [0.2, 0.25) is 0 Å². The minimum atomic E-state index is 0.376. The fourth-order valence-electron chi connectivity index (χ4n) is 2.82. The van der Waals surface area contributed by atoms with Crippen molar-refractivity contribution in [2.75, 3.05) is 0 Å². The zero-order valence-electron chi connectivity index (χ0n) is 12.5. The van der Waals surface area contributed by atoms with Gasteiger partial charge in [-0.1, -0.05) is 31.2 Å². The number of aromatic nitrogens is 4. The molecule has 0 aliphatic heterocycles. The van der Waals surface area contributed by atoms with Gasteiger partial charge in [-0.25, -0.2) is 9.97 Å². The van der Waals surface area contributed by atoms with Gasteiger partial charge in [-0.15, -0.1) is 0 Å².